The Morgan fingerprint density at radius 2 is 2.38 bits per heavy atom. The highest BCUT2D eigenvalue weighted by atomic mass is 32.1. The van der Waals surface area contributed by atoms with Gasteiger partial charge in [0.05, 0.1) is 11.6 Å². The Morgan fingerprint density at radius 3 is 2.77 bits per heavy atom. The molecule has 1 rings (SSSR count). The maximum atomic E-state index is 9.08. The van der Waals surface area contributed by atoms with E-state index in [9.17, 15) is 0 Å². The van der Waals surface area contributed by atoms with E-state index in [-0.39, 0.29) is 6.61 Å². The van der Waals surface area contributed by atoms with Crippen molar-refractivity contribution in [3.63, 3.8) is 0 Å². The largest absolute Gasteiger partial charge is 0.392 e. The van der Waals surface area contributed by atoms with Crippen LogP contribution in [-0.2, 0) is 0 Å². The van der Waals surface area contributed by atoms with Crippen LogP contribution >= 0.6 is 11.3 Å². The minimum absolute atomic E-state index is 0.134. The molecule has 1 N–H and O–H groups in total. The first-order chi connectivity index (χ1) is 6.13. The predicted molar refractivity (Wildman–Crippen MR) is 56.8 cm³/mol. The third kappa shape index (κ3) is 2.94. The standard InChI is InChI=1S/C10H15NOS/c1-7(2)9(6-12)4-10-5-11-8(3)13-10/h4-5,7,12H,6H2,1-3H3. The minimum Gasteiger partial charge on any atom is -0.392 e. The molecule has 1 heterocycles. The average molecular weight is 197 g/mol. The van der Waals surface area contributed by atoms with Gasteiger partial charge < -0.3 is 5.11 Å². The summed E-state index contributed by atoms with van der Waals surface area (Å²) in [5.74, 6) is 0.396. The van der Waals surface area contributed by atoms with E-state index in [0.717, 1.165) is 15.5 Å². The number of aryl methyl sites for hydroxylation is 1. The van der Waals surface area contributed by atoms with Gasteiger partial charge in [0.15, 0.2) is 0 Å². The highest BCUT2D eigenvalue weighted by Gasteiger charge is 2.02. The fourth-order valence-corrected chi connectivity index (χ4v) is 1.78. The Morgan fingerprint density at radius 1 is 1.69 bits per heavy atom. The molecule has 0 radical (unpaired) electrons. The zero-order valence-corrected chi connectivity index (χ0v) is 9.06. The molecule has 2 nitrogen and oxygen atoms in total. The molecule has 0 saturated heterocycles. The van der Waals surface area contributed by atoms with Gasteiger partial charge in [-0.15, -0.1) is 11.3 Å². The second-order valence-corrected chi connectivity index (χ2v) is 4.58. The van der Waals surface area contributed by atoms with Crippen molar-refractivity contribution in [1.29, 1.82) is 0 Å². The molecule has 0 bridgehead atoms. The van der Waals surface area contributed by atoms with Crippen LogP contribution in [0.25, 0.3) is 6.08 Å². The summed E-state index contributed by atoms with van der Waals surface area (Å²) in [6.45, 7) is 6.27. The summed E-state index contributed by atoms with van der Waals surface area (Å²) >= 11 is 1.65. The van der Waals surface area contributed by atoms with Gasteiger partial charge in [-0.05, 0) is 24.5 Å². The normalized spacial score (nSPS) is 12.5. The number of thiazole rings is 1. The lowest BCUT2D eigenvalue weighted by Gasteiger charge is -2.06. The van der Waals surface area contributed by atoms with Gasteiger partial charge in [0.25, 0.3) is 0 Å². The Bertz CT molecular complexity index is 302. The summed E-state index contributed by atoms with van der Waals surface area (Å²) < 4.78 is 0. The van der Waals surface area contributed by atoms with Crippen LogP contribution in [0.4, 0.5) is 0 Å². The van der Waals surface area contributed by atoms with E-state index < -0.39 is 0 Å². The van der Waals surface area contributed by atoms with Gasteiger partial charge in [0, 0.05) is 11.1 Å². The molecule has 0 spiro atoms. The molecular weight excluding hydrogens is 182 g/mol. The van der Waals surface area contributed by atoms with Gasteiger partial charge in [-0.1, -0.05) is 13.8 Å². The topological polar surface area (TPSA) is 33.1 Å². The summed E-state index contributed by atoms with van der Waals surface area (Å²) in [4.78, 5) is 5.28. The first-order valence-electron chi connectivity index (χ1n) is 4.37. The average Bonchev–Trinajstić information content (AvgIpc) is 2.46. The van der Waals surface area contributed by atoms with Crippen LogP contribution in [0.5, 0.6) is 0 Å². The summed E-state index contributed by atoms with van der Waals surface area (Å²) in [5.41, 5.74) is 1.06. The number of aliphatic hydroxyl groups excluding tert-OH is 1. The van der Waals surface area contributed by atoms with E-state index in [1.165, 1.54) is 0 Å². The van der Waals surface area contributed by atoms with E-state index >= 15 is 0 Å². The second-order valence-electron chi connectivity index (χ2n) is 3.31. The number of hydrogen-bond acceptors (Lipinski definition) is 3. The van der Waals surface area contributed by atoms with Crippen molar-refractivity contribution in [3.05, 3.63) is 21.7 Å². The van der Waals surface area contributed by atoms with Crippen molar-refractivity contribution < 1.29 is 5.11 Å². The highest BCUT2D eigenvalue weighted by molar-refractivity contribution is 7.12. The lowest BCUT2D eigenvalue weighted by Crippen LogP contribution is -1.98. The number of hydrogen-bond donors (Lipinski definition) is 1. The quantitative estimate of drug-likeness (QED) is 0.807. The number of rotatable bonds is 3. The van der Waals surface area contributed by atoms with Gasteiger partial charge in [-0.3, -0.25) is 0 Å². The van der Waals surface area contributed by atoms with Gasteiger partial charge >= 0.3 is 0 Å². The van der Waals surface area contributed by atoms with Gasteiger partial charge in [0.2, 0.25) is 0 Å². The zero-order valence-electron chi connectivity index (χ0n) is 8.24. The van der Waals surface area contributed by atoms with Gasteiger partial charge in [-0.2, -0.15) is 0 Å². The van der Waals surface area contributed by atoms with Crippen molar-refractivity contribution in [2.75, 3.05) is 6.61 Å². The van der Waals surface area contributed by atoms with E-state index in [1.807, 2.05) is 19.2 Å². The first kappa shape index (κ1) is 10.4. The minimum atomic E-state index is 0.134. The van der Waals surface area contributed by atoms with Crippen molar-refractivity contribution >= 4 is 17.4 Å². The summed E-state index contributed by atoms with van der Waals surface area (Å²) in [5, 5.41) is 10.1. The molecule has 13 heavy (non-hydrogen) atoms. The Labute approximate surface area is 83.0 Å². The maximum Gasteiger partial charge on any atom is 0.0900 e. The Kier molecular flexibility index (Phi) is 3.63. The SMILES string of the molecule is Cc1ncc(C=C(CO)C(C)C)s1. The number of nitrogens with zero attached hydrogens (tertiary/aromatic N) is 1. The Balaban J connectivity index is 2.84. The number of aliphatic hydroxyl groups is 1. The molecule has 3 heteroatoms. The van der Waals surface area contributed by atoms with Crippen molar-refractivity contribution in [2.24, 2.45) is 5.92 Å². The van der Waals surface area contributed by atoms with E-state index in [0.29, 0.717) is 5.92 Å². The summed E-state index contributed by atoms with van der Waals surface area (Å²) in [6, 6.07) is 0. The van der Waals surface area contributed by atoms with Gasteiger partial charge in [0.1, 0.15) is 0 Å². The van der Waals surface area contributed by atoms with E-state index in [1.54, 1.807) is 11.3 Å². The maximum absolute atomic E-state index is 9.08. The number of aromatic nitrogens is 1. The lowest BCUT2D eigenvalue weighted by atomic mass is 10.0. The molecule has 0 unspecified atom stereocenters. The lowest BCUT2D eigenvalue weighted by molar-refractivity contribution is 0.320. The first-order valence-corrected chi connectivity index (χ1v) is 5.19. The van der Waals surface area contributed by atoms with Crippen LogP contribution in [0.2, 0.25) is 0 Å². The molecule has 0 atom stereocenters. The summed E-state index contributed by atoms with van der Waals surface area (Å²) in [7, 11) is 0. The Hall–Kier alpha value is -0.670. The molecular formula is C10H15NOS. The highest BCUT2D eigenvalue weighted by Crippen LogP contribution is 2.18. The van der Waals surface area contributed by atoms with Crippen LogP contribution in [-0.4, -0.2) is 16.7 Å². The molecule has 1 aromatic rings. The third-order valence-electron chi connectivity index (χ3n) is 1.89. The fourth-order valence-electron chi connectivity index (χ4n) is 1.02. The fraction of sp³-hybridized carbons (Fsp3) is 0.500. The van der Waals surface area contributed by atoms with Crippen molar-refractivity contribution in [1.82, 2.24) is 4.98 Å². The molecule has 0 amide bonds. The molecule has 0 aliphatic rings. The molecule has 0 saturated carbocycles. The van der Waals surface area contributed by atoms with Crippen LogP contribution < -0.4 is 0 Å². The predicted octanol–water partition coefficient (Wildman–Crippen LogP) is 2.48. The van der Waals surface area contributed by atoms with Crippen LogP contribution in [0.3, 0.4) is 0 Å². The molecule has 72 valence electrons. The molecule has 1 aromatic heterocycles. The molecule has 0 fully saturated rings. The third-order valence-corrected chi connectivity index (χ3v) is 2.75. The molecule has 0 aromatic carbocycles. The van der Waals surface area contributed by atoms with Gasteiger partial charge in [-0.25, -0.2) is 4.98 Å². The van der Waals surface area contributed by atoms with Crippen LogP contribution in [0, 0.1) is 12.8 Å². The van der Waals surface area contributed by atoms with Crippen molar-refractivity contribution in [2.45, 2.75) is 20.8 Å². The second kappa shape index (κ2) is 4.53. The zero-order chi connectivity index (χ0) is 9.84. The van der Waals surface area contributed by atoms with Crippen LogP contribution in [0.1, 0.15) is 23.7 Å². The summed E-state index contributed by atoms with van der Waals surface area (Å²) in [6.07, 6.45) is 3.87. The molecule has 0 aliphatic carbocycles. The molecule has 0 aliphatic heterocycles. The smallest absolute Gasteiger partial charge is 0.0900 e. The van der Waals surface area contributed by atoms with E-state index in [4.69, 9.17) is 5.11 Å². The monoisotopic (exact) mass is 197 g/mol. The van der Waals surface area contributed by atoms with E-state index in [2.05, 4.69) is 18.8 Å². The van der Waals surface area contributed by atoms with Crippen LogP contribution in [0.15, 0.2) is 11.8 Å². The van der Waals surface area contributed by atoms with Crippen molar-refractivity contribution in [3.8, 4) is 0 Å².